The molecule has 2 heterocycles. The fraction of sp³-hybridized carbons (Fsp3) is 0.0625. The number of benzene rings is 2. The monoisotopic (exact) mass is 326 g/mol. The van der Waals surface area contributed by atoms with E-state index >= 15 is 0 Å². The van der Waals surface area contributed by atoms with Crippen LogP contribution in [0.1, 0.15) is 5.69 Å². The van der Waals surface area contributed by atoms with Crippen LogP contribution in [0.25, 0.3) is 21.6 Å². The Morgan fingerprint density at radius 3 is 2.73 bits per heavy atom. The van der Waals surface area contributed by atoms with Crippen LogP contribution in [-0.4, -0.2) is 20.0 Å². The first kappa shape index (κ1) is 13.4. The van der Waals surface area contributed by atoms with Crippen molar-refractivity contribution in [1.82, 2.24) is 20.0 Å². The van der Waals surface area contributed by atoms with Crippen molar-refractivity contribution in [3.05, 3.63) is 64.6 Å². The van der Waals surface area contributed by atoms with Crippen LogP contribution in [0.15, 0.2) is 53.9 Å². The number of hydrogen-bond acceptors (Lipinski definition) is 4. The number of hydrogen-bond donors (Lipinski definition) is 0. The Hall–Kier alpha value is -2.24. The van der Waals surface area contributed by atoms with Crippen molar-refractivity contribution in [2.75, 3.05) is 0 Å². The first-order valence-corrected chi connectivity index (χ1v) is 8.04. The summed E-state index contributed by atoms with van der Waals surface area (Å²) >= 11 is 7.54. The molecule has 6 heteroatoms. The van der Waals surface area contributed by atoms with Crippen molar-refractivity contribution in [2.45, 2.75) is 6.54 Å². The molecule has 0 aliphatic rings. The summed E-state index contributed by atoms with van der Waals surface area (Å²) in [5, 5.41) is 12.1. The molecule has 0 aliphatic carbocycles. The summed E-state index contributed by atoms with van der Waals surface area (Å²) in [5.74, 6) is 0. The minimum atomic E-state index is 0.616. The fourth-order valence-electron chi connectivity index (χ4n) is 2.29. The van der Waals surface area contributed by atoms with E-state index in [0.717, 1.165) is 32.3 Å². The first-order valence-electron chi connectivity index (χ1n) is 6.78. The minimum absolute atomic E-state index is 0.616. The van der Waals surface area contributed by atoms with E-state index in [-0.39, 0.29) is 0 Å². The van der Waals surface area contributed by atoms with Gasteiger partial charge in [-0.3, -0.25) is 0 Å². The molecule has 0 N–H and O–H groups in total. The highest BCUT2D eigenvalue weighted by Crippen LogP contribution is 2.25. The third-order valence-electron chi connectivity index (χ3n) is 3.37. The zero-order valence-electron chi connectivity index (χ0n) is 11.5. The Morgan fingerprint density at radius 1 is 1.05 bits per heavy atom. The molecule has 22 heavy (non-hydrogen) atoms. The highest BCUT2D eigenvalue weighted by molar-refractivity contribution is 7.13. The number of aromatic nitrogens is 4. The number of halogens is 1. The third-order valence-corrected chi connectivity index (χ3v) is 4.57. The van der Waals surface area contributed by atoms with Gasteiger partial charge in [-0.25, -0.2) is 9.67 Å². The lowest BCUT2D eigenvalue weighted by Gasteiger charge is -1.99. The third kappa shape index (κ3) is 2.49. The van der Waals surface area contributed by atoms with Crippen LogP contribution in [0.2, 0.25) is 5.02 Å². The quantitative estimate of drug-likeness (QED) is 0.565. The average molecular weight is 327 g/mol. The van der Waals surface area contributed by atoms with Crippen LogP contribution in [-0.2, 0) is 6.54 Å². The molecule has 0 radical (unpaired) electrons. The van der Waals surface area contributed by atoms with Crippen LogP contribution >= 0.6 is 22.9 Å². The summed E-state index contributed by atoms with van der Waals surface area (Å²) in [5.41, 5.74) is 3.97. The van der Waals surface area contributed by atoms with E-state index < -0.39 is 0 Å². The van der Waals surface area contributed by atoms with Gasteiger partial charge in [0.05, 0.1) is 17.8 Å². The van der Waals surface area contributed by atoms with Gasteiger partial charge in [0.1, 0.15) is 10.5 Å². The zero-order chi connectivity index (χ0) is 14.9. The van der Waals surface area contributed by atoms with E-state index in [2.05, 4.69) is 20.7 Å². The molecular weight excluding hydrogens is 316 g/mol. The minimum Gasteiger partial charge on any atom is -0.239 e. The summed E-state index contributed by atoms with van der Waals surface area (Å²) in [4.78, 5) is 4.68. The second-order valence-corrected chi connectivity index (χ2v) is 6.18. The lowest BCUT2D eigenvalue weighted by atomic mass is 10.2. The standard InChI is InChI=1S/C16H11ClN4S/c17-12-7-5-11(6-8-12)16-18-13(10-22-16)9-21-15-4-2-1-3-14(15)19-20-21/h1-8,10H,9H2. The maximum Gasteiger partial charge on any atom is 0.123 e. The average Bonchev–Trinajstić information content (AvgIpc) is 3.16. The van der Waals surface area contributed by atoms with Gasteiger partial charge in [-0.2, -0.15) is 0 Å². The Morgan fingerprint density at radius 2 is 1.86 bits per heavy atom. The van der Waals surface area contributed by atoms with Gasteiger partial charge in [0.2, 0.25) is 0 Å². The maximum atomic E-state index is 5.92. The Kier molecular flexibility index (Phi) is 3.36. The number of fused-ring (bicyclic) bond motifs is 1. The highest BCUT2D eigenvalue weighted by atomic mass is 35.5. The van der Waals surface area contributed by atoms with E-state index in [9.17, 15) is 0 Å². The van der Waals surface area contributed by atoms with Gasteiger partial charge in [-0.05, 0) is 24.3 Å². The zero-order valence-corrected chi connectivity index (χ0v) is 13.1. The van der Waals surface area contributed by atoms with Crippen molar-refractivity contribution in [2.24, 2.45) is 0 Å². The second kappa shape index (κ2) is 5.51. The topological polar surface area (TPSA) is 43.6 Å². The van der Waals surface area contributed by atoms with Gasteiger partial charge in [0.25, 0.3) is 0 Å². The molecule has 0 spiro atoms. The molecule has 0 saturated heterocycles. The molecule has 4 nitrogen and oxygen atoms in total. The largest absolute Gasteiger partial charge is 0.239 e. The van der Waals surface area contributed by atoms with Gasteiger partial charge < -0.3 is 0 Å². The van der Waals surface area contributed by atoms with Crippen LogP contribution < -0.4 is 0 Å². The van der Waals surface area contributed by atoms with E-state index in [0.29, 0.717) is 6.54 Å². The summed E-state index contributed by atoms with van der Waals surface area (Å²) in [6.45, 7) is 0.616. The lowest BCUT2D eigenvalue weighted by Crippen LogP contribution is -2.02. The molecule has 4 aromatic rings. The summed E-state index contributed by atoms with van der Waals surface area (Å²) in [6, 6.07) is 15.6. The van der Waals surface area contributed by atoms with Gasteiger partial charge in [-0.15, -0.1) is 16.4 Å². The molecule has 0 atom stereocenters. The van der Waals surface area contributed by atoms with Crippen molar-refractivity contribution < 1.29 is 0 Å². The highest BCUT2D eigenvalue weighted by Gasteiger charge is 2.08. The molecule has 0 saturated carbocycles. The maximum absolute atomic E-state index is 5.92. The number of thiazole rings is 1. The molecule has 0 aliphatic heterocycles. The van der Waals surface area contributed by atoms with Gasteiger partial charge >= 0.3 is 0 Å². The van der Waals surface area contributed by atoms with E-state index in [4.69, 9.17) is 11.6 Å². The van der Waals surface area contributed by atoms with Gasteiger partial charge in [-0.1, -0.05) is 41.1 Å². The smallest absolute Gasteiger partial charge is 0.123 e. The van der Waals surface area contributed by atoms with E-state index in [1.807, 2.05) is 53.2 Å². The SMILES string of the molecule is Clc1ccc(-c2nc(Cn3nnc4ccccc43)cs2)cc1. The number of nitrogens with zero attached hydrogens (tertiary/aromatic N) is 4. The second-order valence-electron chi connectivity index (χ2n) is 4.89. The normalized spacial score (nSPS) is 11.1. The Balaban J connectivity index is 1.63. The van der Waals surface area contributed by atoms with Crippen LogP contribution in [0.4, 0.5) is 0 Å². The summed E-state index contributed by atoms with van der Waals surface area (Å²) < 4.78 is 1.87. The molecular formula is C16H11ClN4S. The van der Waals surface area contributed by atoms with Gasteiger partial charge in [0, 0.05) is 16.0 Å². The Bertz CT molecular complexity index is 927. The van der Waals surface area contributed by atoms with E-state index in [1.165, 1.54) is 0 Å². The molecule has 2 aromatic carbocycles. The van der Waals surface area contributed by atoms with Crippen LogP contribution in [0, 0.1) is 0 Å². The fourth-order valence-corrected chi connectivity index (χ4v) is 3.24. The molecule has 4 rings (SSSR count). The number of para-hydroxylation sites is 1. The van der Waals surface area contributed by atoms with Gasteiger partial charge in [0.15, 0.2) is 0 Å². The Labute approximate surface area is 136 Å². The number of rotatable bonds is 3. The predicted molar refractivity (Wildman–Crippen MR) is 89.2 cm³/mol. The summed E-state index contributed by atoms with van der Waals surface area (Å²) in [6.07, 6.45) is 0. The van der Waals surface area contributed by atoms with Crippen molar-refractivity contribution in [1.29, 1.82) is 0 Å². The van der Waals surface area contributed by atoms with Crippen LogP contribution in [0.3, 0.4) is 0 Å². The molecule has 2 aromatic heterocycles. The van der Waals surface area contributed by atoms with Crippen molar-refractivity contribution in [3.8, 4) is 10.6 Å². The molecule has 0 fully saturated rings. The molecule has 0 bridgehead atoms. The first-order chi connectivity index (χ1) is 10.8. The van der Waals surface area contributed by atoms with E-state index in [1.54, 1.807) is 11.3 Å². The lowest BCUT2D eigenvalue weighted by molar-refractivity contribution is 0.661. The van der Waals surface area contributed by atoms with Crippen molar-refractivity contribution >= 4 is 34.0 Å². The predicted octanol–water partition coefficient (Wildman–Crippen LogP) is 4.26. The van der Waals surface area contributed by atoms with Crippen LogP contribution in [0.5, 0.6) is 0 Å². The molecule has 0 unspecified atom stereocenters. The molecule has 108 valence electrons. The summed E-state index contributed by atoms with van der Waals surface area (Å²) in [7, 11) is 0. The van der Waals surface area contributed by atoms with Crippen molar-refractivity contribution in [3.63, 3.8) is 0 Å². The molecule has 0 amide bonds.